The summed E-state index contributed by atoms with van der Waals surface area (Å²) >= 11 is 3.44. The molecule has 0 spiro atoms. The SMILES string of the molecule is CN[C@@H]1COc2ccc(Br)cc21.Cl. The van der Waals surface area contributed by atoms with E-state index in [9.17, 15) is 0 Å². The Hall–Kier alpha value is -0.250. The predicted molar refractivity (Wildman–Crippen MR) is 58.7 cm³/mol. The van der Waals surface area contributed by atoms with Crippen LogP contribution in [0.1, 0.15) is 11.6 Å². The van der Waals surface area contributed by atoms with Crippen LogP contribution < -0.4 is 10.1 Å². The average Bonchev–Trinajstić information content (AvgIpc) is 2.46. The highest BCUT2D eigenvalue weighted by molar-refractivity contribution is 9.10. The molecule has 2 rings (SSSR count). The number of ether oxygens (including phenoxy) is 1. The second-order valence-electron chi connectivity index (χ2n) is 2.83. The van der Waals surface area contributed by atoms with Crippen LogP contribution in [0.3, 0.4) is 0 Å². The van der Waals surface area contributed by atoms with Crippen molar-refractivity contribution in [2.75, 3.05) is 13.7 Å². The third-order valence-electron chi connectivity index (χ3n) is 2.10. The number of rotatable bonds is 1. The molecule has 1 N–H and O–H groups in total. The molecule has 1 aromatic rings. The quantitative estimate of drug-likeness (QED) is 0.842. The van der Waals surface area contributed by atoms with Crippen molar-refractivity contribution < 1.29 is 4.74 Å². The summed E-state index contributed by atoms with van der Waals surface area (Å²) in [6.07, 6.45) is 0. The number of likely N-dealkylation sites (N-methyl/N-ethyl adjacent to an activating group) is 1. The standard InChI is InChI=1S/C9H10BrNO.ClH/c1-11-8-5-12-9-3-2-6(10)4-7(8)9;/h2-4,8,11H,5H2,1H3;1H/t8-;/m1./s1. The van der Waals surface area contributed by atoms with Gasteiger partial charge in [0.05, 0.1) is 6.04 Å². The molecule has 72 valence electrons. The summed E-state index contributed by atoms with van der Waals surface area (Å²) in [5.74, 6) is 0.998. The van der Waals surface area contributed by atoms with Gasteiger partial charge >= 0.3 is 0 Å². The first kappa shape index (κ1) is 10.8. The molecule has 4 heteroatoms. The Bertz CT molecular complexity index is 306. The van der Waals surface area contributed by atoms with Crippen LogP contribution in [0.4, 0.5) is 0 Å². The van der Waals surface area contributed by atoms with Gasteiger partial charge in [0.2, 0.25) is 0 Å². The summed E-state index contributed by atoms with van der Waals surface area (Å²) in [6, 6.07) is 6.44. The van der Waals surface area contributed by atoms with Gasteiger partial charge in [0.25, 0.3) is 0 Å². The van der Waals surface area contributed by atoms with Crippen molar-refractivity contribution in [1.82, 2.24) is 5.32 Å². The molecule has 0 saturated carbocycles. The highest BCUT2D eigenvalue weighted by Crippen LogP contribution is 2.33. The monoisotopic (exact) mass is 263 g/mol. The molecule has 1 heterocycles. The van der Waals surface area contributed by atoms with E-state index < -0.39 is 0 Å². The van der Waals surface area contributed by atoms with Crippen LogP contribution in [0.2, 0.25) is 0 Å². The predicted octanol–water partition coefficient (Wildman–Crippen LogP) is 2.52. The Morgan fingerprint density at radius 3 is 3.00 bits per heavy atom. The molecule has 0 saturated heterocycles. The molecule has 0 bridgehead atoms. The van der Waals surface area contributed by atoms with Crippen molar-refractivity contribution in [1.29, 1.82) is 0 Å². The maximum absolute atomic E-state index is 5.47. The van der Waals surface area contributed by atoms with E-state index in [-0.39, 0.29) is 12.4 Å². The smallest absolute Gasteiger partial charge is 0.124 e. The molecule has 0 unspecified atom stereocenters. The van der Waals surface area contributed by atoms with E-state index in [1.807, 2.05) is 19.2 Å². The van der Waals surface area contributed by atoms with Gasteiger partial charge in [-0.2, -0.15) is 0 Å². The van der Waals surface area contributed by atoms with Gasteiger partial charge < -0.3 is 10.1 Å². The summed E-state index contributed by atoms with van der Waals surface area (Å²) in [4.78, 5) is 0. The van der Waals surface area contributed by atoms with Gasteiger partial charge in [0, 0.05) is 10.0 Å². The van der Waals surface area contributed by atoms with Gasteiger partial charge in [-0.1, -0.05) is 15.9 Å². The van der Waals surface area contributed by atoms with Crippen molar-refractivity contribution in [2.45, 2.75) is 6.04 Å². The number of nitrogens with one attached hydrogen (secondary N) is 1. The maximum Gasteiger partial charge on any atom is 0.124 e. The van der Waals surface area contributed by atoms with Gasteiger partial charge in [-0.05, 0) is 25.2 Å². The normalized spacial score (nSPS) is 18.8. The van der Waals surface area contributed by atoms with Crippen molar-refractivity contribution in [3.63, 3.8) is 0 Å². The number of fused-ring (bicyclic) bond motifs is 1. The topological polar surface area (TPSA) is 21.3 Å². The zero-order valence-corrected chi connectivity index (χ0v) is 9.61. The van der Waals surface area contributed by atoms with Gasteiger partial charge in [0.1, 0.15) is 12.4 Å². The highest BCUT2D eigenvalue weighted by atomic mass is 79.9. The minimum Gasteiger partial charge on any atom is -0.491 e. The number of benzene rings is 1. The third-order valence-corrected chi connectivity index (χ3v) is 2.59. The Morgan fingerprint density at radius 1 is 1.54 bits per heavy atom. The first-order valence-corrected chi connectivity index (χ1v) is 4.70. The Labute approximate surface area is 92.2 Å². The van der Waals surface area contributed by atoms with E-state index in [2.05, 4.69) is 27.3 Å². The average molecular weight is 265 g/mol. The summed E-state index contributed by atoms with van der Waals surface area (Å²) in [7, 11) is 1.95. The van der Waals surface area contributed by atoms with E-state index in [1.165, 1.54) is 5.56 Å². The Morgan fingerprint density at radius 2 is 2.31 bits per heavy atom. The van der Waals surface area contributed by atoms with Crippen LogP contribution in [0.5, 0.6) is 5.75 Å². The third kappa shape index (κ3) is 1.98. The molecule has 0 radical (unpaired) electrons. The van der Waals surface area contributed by atoms with E-state index in [4.69, 9.17) is 4.74 Å². The first-order chi connectivity index (χ1) is 5.81. The van der Waals surface area contributed by atoms with Crippen LogP contribution in [0, 0.1) is 0 Å². The van der Waals surface area contributed by atoms with Gasteiger partial charge in [0.15, 0.2) is 0 Å². The molecule has 1 atom stereocenters. The first-order valence-electron chi connectivity index (χ1n) is 3.91. The van der Waals surface area contributed by atoms with Crippen molar-refractivity contribution in [3.05, 3.63) is 28.2 Å². The largest absolute Gasteiger partial charge is 0.491 e. The Kier molecular flexibility index (Phi) is 3.59. The molecule has 13 heavy (non-hydrogen) atoms. The lowest BCUT2D eigenvalue weighted by Crippen LogP contribution is -2.17. The van der Waals surface area contributed by atoms with Crippen LogP contribution in [0.15, 0.2) is 22.7 Å². The summed E-state index contributed by atoms with van der Waals surface area (Å²) in [5, 5.41) is 3.20. The summed E-state index contributed by atoms with van der Waals surface area (Å²) in [6.45, 7) is 0.738. The number of halogens is 2. The van der Waals surface area contributed by atoms with Crippen LogP contribution >= 0.6 is 28.3 Å². The lowest BCUT2D eigenvalue weighted by Gasteiger charge is -2.05. The Balaban J connectivity index is 0.000000845. The zero-order chi connectivity index (χ0) is 8.55. The fourth-order valence-corrected chi connectivity index (χ4v) is 1.80. The lowest BCUT2D eigenvalue weighted by atomic mass is 10.1. The minimum absolute atomic E-state index is 0. The van der Waals surface area contributed by atoms with Gasteiger partial charge in [-0.15, -0.1) is 12.4 Å². The number of hydrogen-bond donors (Lipinski definition) is 1. The van der Waals surface area contributed by atoms with Crippen molar-refractivity contribution >= 4 is 28.3 Å². The van der Waals surface area contributed by atoms with Crippen molar-refractivity contribution in [3.8, 4) is 5.75 Å². The molecule has 2 nitrogen and oxygen atoms in total. The second-order valence-corrected chi connectivity index (χ2v) is 3.75. The fourth-order valence-electron chi connectivity index (χ4n) is 1.42. The van der Waals surface area contributed by atoms with E-state index >= 15 is 0 Å². The second kappa shape index (κ2) is 4.31. The molecule has 0 aromatic heterocycles. The summed E-state index contributed by atoms with van der Waals surface area (Å²) in [5.41, 5.74) is 1.24. The van der Waals surface area contributed by atoms with Crippen LogP contribution in [0.25, 0.3) is 0 Å². The molecule has 0 amide bonds. The maximum atomic E-state index is 5.47. The summed E-state index contributed by atoms with van der Waals surface area (Å²) < 4.78 is 6.58. The van der Waals surface area contributed by atoms with E-state index in [1.54, 1.807) is 0 Å². The van der Waals surface area contributed by atoms with Crippen LogP contribution in [-0.4, -0.2) is 13.7 Å². The fraction of sp³-hybridized carbons (Fsp3) is 0.333. The molecule has 1 aromatic carbocycles. The minimum atomic E-state index is 0. The lowest BCUT2D eigenvalue weighted by molar-refractivity contribution is 0.318. The van der Waals surface area contributed by atoms with Gasteiger partial charge in [-0.3, -0.25) is 0 Å². The zero-order valence-electron chi connectivity index (χ0n) is 7.21. The molecular weight excluding hydrogens is 253 g/mol. The van der Waals surface area contributed by atoms with E-state index in [0.717, 1.165) is 16.8 Å². The van der Waals surface area contributed by atoms with Gasteiger partial charge in [-0.25, -0.2) is 0 Å². The molecule has 1 aliphatic rings. The molecule has 0 fully saturated rings. The highest BCUT2D eigenvalue weighted by Gasteiger charge is 2.22. The van der Waals surface area contributed by atoms with Crippen LogP contribution in [-0.2, 0) is 0 Å². The number of hydrogen-bond acceptors (Lipinski definition) is 2. The molecule has 1 aliphatic heterocycles. The van der Waals surface area contributed by atoms with Crippen molar-refractivity contribution in [2.24, 2.45) is 0 Å². The molecular formula is C9H11BrClNO. The molecule has 0 aliphatic carbocycles. The van der Waals surface area contributed by atoms with E-state index in [0.29, 0.717) is 6.04 Å².